The van der Waals surface area contributed by atoms with E-state index in [0.717, 1.165) is 24.9 Å². The topological polar surface area (TPSA) is 67.7 Å². The fourth-order valence-electron chi connectivity index (χ4n) is 3.78. The van der Waals surface area contributed by atoms with Crippen LogP contribution < -0.4 is 4.90 Å². The van der Waals surface area contributed by atoms with Gasteiger partial charge in [0.2, 0.25) is 11.8 Å². The number of piperidine rings is 1. The molecule has 2 amide bonds. The number of methoxy groups -OCH3 is 1. The maximum absolute atomic E-state index is 13.0. The highest BCUT2D eigenvalue weighted by molar-refractivity contribution is 5.96. The number of rotatable bonds is 5. The molecule has 7 heteroatoms. The van der Waals surface area contributed by atoms with Gasteiger partial charge in [0.15, 0.2) is 0 Å². The van der Waals surface area contributed by atoms with E-state index in [0.29, 0.717) is 26.0 Å². The molecule has 1 saturated carbocycles. The smallest absolute Gasteiger partial charge is 0.227 e. The number of carbonyl (C=O) groups is 2. The largest absolute Gasteiger partial charge is 0.382 e. The highest BCUT2D eigenvalue weighted by Crippen LogP contribution is 2.38. The van der Waals surface area contributed by atoms with Crippen LogP contribution in [0.25, 0.3) is 0 Å². The number of amides is 2. The Labute approximate surface area is 142 Å². The van der Waals surface area contributed by atoms with Crippen molar-refractivity contribution in [2.24, 2.45) is 13.0 Å². The number of nitrogens with zero attached hydrogens (tertiary/aromatic N) is 4. The minimum atomic E-state index is -0.165. The third kappa shape index (κ3) is 2.92. The monoisotopic (exact) mass is 334 g/mol. The van der Waals surface area contributed by atoms with Crippen molar-refractivity contribution in [2.75, 3.05) is 32.2 Å². The van der Waals surface area contributed by atoms with Crippen LogP contribution in [0, 0.1) is 5.92 Å². The predicted octanol–water partition coefficient (Wildman–Crippen LogP) is 1.19. The summed E-state index contributed by atoms with van der Waals surface area (Å²) >= 11 is 0. The van der Waals surface area contributed by atoms with Crippen LogP contribution in [0.3, 0.4) is 0 Å². The lowest BCUT2D eigenvalue weighted by Gasteiger charge is -2.49. The average Bonchev–Trinajstić information content (AvgIpc) is 2.96. The normalized spacial score (nSPS) is 23.0. The summed E-state index contributed by atoms with van der Waals surface area (Å²) in [6.45, 7) is 1.00. The molecule has 0 radical (unpaired) electrons. The first-order chi connectivity index (χ1) is 11.5. The van der Waals surface area contributed by atoms with E-state index in [2.05, 4.69) is 5.10 Å². The van der Waals surface area contributed by atoms with Crippen molar-refractivity contribution in [3.8, 4) is 0 Å². The number of likely N-dealkylation sites (N-methyl/N-ethyl adjacent to an activating group) is 1. The van der Waals surface area contributed by atoms with E-state index in [-0.39, 0.29) is 23.3 Å². The van der Waals surface area contributed by atoms with Gasteiger partial charge in [-0.2, -0.15) is 5.10 Å². The Bertz CT molecular complexity index is 623. The molecule has 2 heterocycles. The number of aromatic nitrogens is 2. The molecule has 0 N–H and O–H groups in total. The van der Waals surface area contributed by atoms with E-state index < -0.39 is 0 Å². The van der Waals surface area contributed by atoms with E-state index in [4.69, 9.17) is 4.74 Å². The molecule has 0 aromatic carbocycles. The molecule has 1 aromatic rings. The number of hydrogen-bond acceptors (Lipinski definition) is 4. The van der Waals surface area contributed by atoms with Crippen LogP contribution in [0.4, 0.5) is 5.69 Å². The van der Waals surface area contributed by atoms with Gasteiger partial charge in [-0.05, 0) is 25.7 Å². The third-order valence-electron chi connectivity index (χ3n) is 5.50. The summed E-state index contributed by atoms with van der Waals surface area (Å²) in [4.78, 5) is 28.8. The molecular weight excluding hydrogens is 308 g/mol. The fourth-order valence-corrected chi connectivity index (χ4v) is 3.78. The molecule has 0 spiro atoms. The van der Waals surface area contributed by atoms with Gasteiger partial charge in [0.05, 0.1) is 29.9 Å². The van der Waals surface area contributed by atoms with Crippen LogP contribution >= 0.6 is 0 Å². The van der Waals surface area contributed by atoms with Gasteiger partial charge in [0.25, 0.3) is 0 Å². The fraction of sp³-hybridized carbons (Fsp3) is 0.706. The van der Waals surface area contributed by atoms with E-state index in [1.807, 2.05) is 25.2 Å². The zero-order valence-electron chi connectivity index (χ0n) is 14.7. The SMILES string of the molecule is COCC1(N(C)C(=O)C2CCC(=O)N(c3cnn(C)c3)C2)CCC1. The average molecular weight is 334 g/mol. The lowest BCUT2D eigenvalue weighted by Crippen LogP contribution is -2.59. The zero-order chi connectivity index (χ0) is 17.3. The number of hydrogen-bond donors (Lipinski definition) is 0. The minimum Gasteiger partial charge on any atom is -0.382 e. The summed E-state index contributed by atoms with van der Waals surface area (Å²) in [6.07, 6.45) is 7.60. The summed E-state index contributed by atoms with van der Waals surface area (Å²) in [5.74, 6) is 0.0142. The van der Waals surface area contributed by atoms with Gasteiger partial charge < -0.3 is 14.5 Å². The Kier molecular flexibility index (Phi) is 4.62. The van der Waals surface area contributed by atoms with E-state index in [1.54, 1.807) is 22.9 Å². The standard InChI is InChI=1S/C17H26N4O3/c1-19-11-14(9-18-19)21-10-13(5-6-15(21)22)16(23)20(2)17(12-24-3)7-4-8-17/h9,11,13H,4-8,10,12H2,1-3H3. The molecule has 24 heavy (non-hydrogen) atoms. The zero-order valence-corrected chi connectivity index (χ0v) is 14.7. The molecule has 2 fully saturated rings. The van der Waals surface area contributed by atoms with Crippen LogP contribution in [0.1, 0.15) is 32.1 Å². The number of ether oxygens (including phenoxy) is 1. The first-order valence-corrected chi connectivity index (χ1v) is 8.52. The van der Waals surface area contributed by atoms with Crippen molar-refractivity contribution in [2.45, 2.75) is 37.6 Å². The molecular formula is C17H26N4O3. The molecule has 132 valence electrons. The Morgan fingerprint density at radius 1 is 1.50 bits per heavy atom. The summed E-state index contributed by atoms with van der Waals surface area (Å²) in [5.41, 5.74) is 0.602. The van der Waals surface area contributed by atoms with Crippen molar-refractivity contribution in [3.63, 3.8) is 0 Å². The first kappa shape index (κ1) is 17.0. The predicted molar refractivity (Wildman–Crippen MR) is 89.5 cm³/mol. The molecule has 1 aromatic heterocycles. The first-order valence-electron chi connectivity index (χ1n) is 8.52. The van der Waals surface area contributed by atoms with Crippen LogP contribution in [-0.4, -0.2) is 59.3 Å². The van der Waals surface area contributed by atoms with Gasteiger partial charge in [-0.15, -0.1) is 0 Å². The lowest BCUT2D eigenvalue weighted by molar-refractivity contribution is -0.148. The van der Waals surface area contributed by atoms with Crippen molar-refractivity contribution < 1.29 is 14.3 Å². The van der Waals surface area contributed by atoms with Gasteiger partial charge in [-0.25, -0.2) is 0 Å². The highest BCUT2D eigenvalue weighted by Gasteiger charge is 2.45. The van der Waals surface area contributed by atoms with Crippen molar-refractivity contribution in [1.82, 2.24) is 14.7 Å². The van der Waals surface area contributed by atoms with Gasteiger partial charge in [-0.3, -0.25) is 14.3 Å². The molecule has 1 aliphatic heterocycles. The van der Waals surface area contributed by atoms with Gasteiger partial charge in [0.1, 0.15) is 0 Å². The second-order valence-electron chi connectivity index (χ2n) is 7.02. The van der Waals surface area contributed by atoms with E-state index in [9.17, 15) is 9.59 Å². The van der Waals surface area contributed by atoms with Gasteiger partial charge in [0, 0.05) is 40.4 Å². The maximum Gasteiger partial charge on any atom is 0.227 e. The van der Waals surface area contributed by atoms with Crippen molar-refractivity contribution in [1.29, 1.82) is 0 Å². The van der Waals surface area contributed by atoms with Gasteiger partial charge in [-0.1, -0.05) is 0 Å². The van der Waals surface area contributed by atoms with Crippen LogP contribution in [0.5, 0.6) is 0 Å². The van der Waals surface area contributed by atoms with Crippen molar-refractivity contribution >= 4 is 17.5 Å². The third-order valence-corrected chi connectivity index (χ3v) is 5.50. The maximum atomic E-state index is 13.0. The Hall–Kier alpha value is -1.89. The molecule has 1 unspecified atom stereocenters. The highest BCUT2D eigenvalue weighted by atomic mass is 16.5. The minimum absolute atomic E-state index is 0.0601. The van der Waals surface area contributed by atoms with Crippen LogP contribution in [-0.2, 0) is 21.4 Å². The van der Waals surface area contributed by atoms with E-state index >= 15 is 0 Å². The molecule has 3 rings (SSSR count). The summed E-state index contributed by atoms with van der Waals surface area (Å²) in [7, 11) is 5.38. The summed E-state index contributed by atoms with van der Waals surface area (Å²) in [6, 6.07) is 0. The second kappa shape index (κ2) is 6.55. The molecule has 1 atom stereocenters. The van der Waals surface area contributed by atoms with Crippen LogP contribution in [0.15, 0.2) is 12.4 Å². The second-order valence-corrected chi connectivity index (χ2v) is 7.02. The Morgan fingerprint density at radius 3 is 2.79 bits per heavy atom. The Morgan fingerprint density at radius 2 is 2.25 bits per heavy atom. The van der Waals surface area contributed by atoms with E-state index in [1.165, 1.54) is 0 Å². The number of anilines is 1. The molecule has 1 saturated heterocycles. The molecule has 2 aliphatic rings. The lowest BCUT2D eigenvalue weighted by atomic mass is 9.75. The summed E-state index contributed by atoms with van der Waals surface area (Å²) < 4.78 is 7.02. The van der Waals surface area contributed by atoms with Crippen molar-refractivity contribution in [3.05, 3.63) is 12.4 Å². The van der Waals surface area contributed by atoms with Gasteiger partial charge >= 0.3 is 0 Å². The quantitative estimate of drug-likeness (QED) is 0.811. The molecule has 7 nitrogen and oxygen atoms in total. The Balaban J connectivity index is 1.72. The van der Waals surface area contributed by atoms with Crippen LogP contribution in [0.2, 0.25) is 0 Å². The molecule has 0 bridgehead atoms. The summed E-state index contributed by atoms with van der Waals surface area (Å²) in [5, 5.41) is 4.13. The number of carbonyl (C=O) groups excluding carboxylic acids is 2. The molecule has 1 aliphatic carbocycles. The number of aryl methyl sites for hydroxylation is 1.